The van der Waals surface area contributed by atoms with Gasteiger partial charge in [0.15, 0.2) is 0 Å². The van der Waals surface area contributed by atoms with Crippen molar-refractivity contribution in [3.05, 3.63) is 23.8 Å². The summed E-state index contributed by atoms with van der Waals surface area (Å²) >= 11 is 0. The van der Waals surface area contributed by atoms with Crippen molar-refractivity contribution in [2.75, 3.05) is 31.7 Å². The molecule has 0 aromatic heterocycles. The fourth-order valence-electron chi connectivity index (χ4n) is 1.56. The lowest BCUT2D eigenvalue weighted by Gasteiger charge is -2.12. The highest BCUT2D eigenvalue weighted by atomic mass is 32.2. The Morgan fingerprint density at radius 3 is 2.70 bits per heavy atom. The molecule has 112 valence electrons. The van der Waals surface area contributed by atoms with Crippen LogP contribution in [0.3, 0.4) is 0 Å². The van der Waals surface area contributed by atoms with Crippen LogP contribution in [0.1, 0.15) is 17.3 Å². The number of hydrogen-bond donors (Lipinski definition) is 3. The van der Waals surface area contributed by atoms with Crippen molar-refractivity contribution in [2.45, 2.75) is 6.92 Å². The Labute approximate surface area is 118 Å². The molecule has 1 rings (SSSR count). The summed E-state index contributed by atoms with van der Waals surface area (Å²) in [6.07, 6.45) is 0. The summed E-state index contributed by atoms with van der Waals surface area (Å²) in [5, 5.41) is 2.51. The number of carbonyl (C=O) groups excluding carboxylic acids is 1. The standard InChI is InChI=1S/C12H19N3O4S/c1-3-19-10-6-4-5-9(13)11(10)12(16)15-7-8-20(17,18)14-2/h4-6,14H,3,7-8,13H2,1-2H3,(H,15,16). The highest BCUT2D eigenvalue weighted by Gasteiger charge is 2.16. The molecule has 20 heavy (non-hydrogen) atoms. The summed E-state index contributed by atoms with van der Waals surface area (Å²) in [5.74, 6) is -0.286. The van der Waals surface area contributed by atoms with Crippen LogP contribution in [0, 0.1) is 0 Å². The van der Waals surface area contributed by atoms with Crippen LogP contribution < -0.4 is 20.5 Å². The number of nitrogens with one attached hydrogen (secondary N) is 2. The van der Waals surface area contributed by atoms with Gasteiger partial charge in [-0.15, -0.1) is 0 Å². The molecule has 0 spiro atoms. The molecule has 0 unspecified atom stereocenters. The third-order valence-corrected chi connectivity index (χ3v) is 3.92. The van der Waals surface area contributed by atoms with Crippen molar-refractivity contribution in [2.24, 2.45) is 0 Å². The number of hydrogen-bond acceptors (Lipinski definition) is 5. The minimum absolute atomic E-state index is 0.0120. The van der Waals surface area contributed by atoms with Crippen LogP contribution in [0.2, 0.25) is 0 Å². The van der Waals surface area contributed by atoms with Crippen LogP contribution in [0.5, 0.6) is 5.75 Å². The summed E-state index contributed by atoms with van der Waals surface area (Å²) in [6, 6.07) is 4.91. The summed E-state index contributed by atoms with van der Waals surface area (Å²) < 4.78 is 30.0. The van der Waals surface area contributed by atoms with E-state index in [1.807, 2.05) is 0 Å². The Kier molecular flexibility index (Phi) is 5.78. The Hall–Kier alpha value is -1.80. The lowest BCUT2D eigenvalue weighted by atomic mass is 10.1. The van der Waals surface area contributed by atoms with Crippen molar-refractivity contribution in [3.8, 4) is 5.75 Å². The van der Waals surface area contributed by atoms with E-state index in [9.17, 15) is 13.2 Å². The minimum atomic E-state index is -3.36. The maximum Gasteiger partial charge on any atom is 0.257 e. The average Bonchev–Trinajstić information content (AvgIpc) is 2.39. The zero-order chi connectivity index (χ0) is 15.2. The van der Waals surface area contributed by atoms with Crippen LogP contribution in [-0.2, 0) is 10.0 Å². The molecule has 0 saturated carbocycles. The molecule has 1 aromatic carbocycles. The first kappa shape index (κ1) is 16.3. The molecular weight excluding hydrogens is 282 g/mol. The molecule has 1 aromatic rings. The van der Waals surface area contributed by atoms with E-state index in [-0.39, 0.29) is 23.5 Å². The molecule has 0 heterocycles. The monoisotopic (exact) mass is 301 g/mol. The summed E-state index contributed by atoms with van der Waals surface area (Å²) in [4.78, 5) is 12.0. The van der Waals surface area contributed by atoms with E-state index < -0.39 is 15.9 Å². The maximum absolute atomic E-state index is 12.0. The van der Waals surface area contributed by atoms with Gasteiger partial charge in [-0.25, -0.2) is 13.1 Å². The molecule has 0 aliphatic carbocycles. The maximum atomic E-state index is 12.0. The van der Waals surface area contributed by atoms with Gasteiger partial charge in [0, 0.05) is 12.2 Å². The SMILES string of the molecule is CCOc1cccc(N)c1C(=O)NCCS(=O)(=O)NC. The Morgan fingerprint density at radius 2 is 2.10 bits per heavy atom. The van der Waals surface area contributed by atoms with Crippen LogP contribution in [0.25, 0.3) is 0 Å². The highest BCUT2D eigenvalue weighted by Crippen LogP contribution is 2.24. The molecule has 0 aliphatic rings. The number of rotatable bonds is 7. The van der Waals surface area contributed by atoms with Crippen molar-refractivity contribution < 1.29 is 17.9 Å². The van der Waals surface area contributed by atoms with Crippen molar-refractivity contribution >= 4 is 21.6 Å². The van der Waals surface area contributed by atoms with E-state index in [0.717, 1.165) is 0 Å². The van der Waals surface area contributed by atoms with Gasteiger partial charge < -0.3 is 15.8 Å². The van der Waals surface area contributed by atoms with Gasteiger partial charge in [-0.1, -0.05) is 6.07 Å². The molecular formula is C12H19N3O4S. The van der Waals surface area contributed by atoms with Gasteiger partial charge in [-0.05, 0) is 26.1 Å². The Morgan fingerprint density at radius 1 is 1.40 bits per heavy atom. The zero-order valence-corrected chi connectivity index (χ0v) is 12.3. The van der Waals surface area contributed by atoms with E-state index in [1.165, 1.54) is 7.05 Å². The summed E-state index contributed by atoms with van der Waals surface area (Å²) in [5.41, 5.74) is 6.27. The largest absolute Gasteiger partial charge is 0.493 e. The minimum Gasteiger partial charge on any atom is -0.493 e. The number of nitrogen functional groups attached to an aromatic ring is 1. The average molecular weight is 301 g/mol. The normalized spacial score (nSPS) is 11.1. The second-order valence-electron chi connectivity index (χ2n) is 3.93. The molecule has 0 saturated heterocycles. The van der Waals surface area contributed by atoms with E-state index >= 15 is 0 Å². The van der Waals surface area contributed by atoms with Crippen molar-refractivity contribution in [1.82, 2.24) is 10.0 Å². The van der Waals surface area contributed by atoms with Gasteiger partial charge in [-0.3, -0.25) is 4.79 Å². The number of carbonyl (C=O) groups is 1. The molecule has 0 radical (unpaired) electrons. The van der Waals surface area contributed by atoms with Crippen LogP contribution in [0.4, 0.5) is 5.69 Å². The molecule has 0 aliphatic heterocycles. The third kappa shape index (κ3) is 4.39. The molecule has 0 bridgehead atoms. The quantitative estimate of drug-likeness (QED) is 0.611. The number of nitrogens with two attached hydrogens (primary N) is 1. The number of benzene rings is 1. The number of amides is 1. The predicted molar refractivity (Wildman–Crippen MR) is 77.2 cm³/mol. The molecule has 4 N–H and O–H groups in total. The predicted octanol–water partition coefficient (Wildman–Crippen LogP) is -0.0535. The molecule has 0 fully saturated rings. The Balaban J connectivity index is 2.77. The number of anilines is 1. The zero-order valence-electron chi connectivity index (χ0n) is 11.5. The fraction of sp³-hybridized carbons (Fsp3) is 0.417. The highest BCUT2D eigenvalue weighted by molar-refractivity contribution is 7.89. The van der Waals surface area contributed by atoms with Gasteiger partial charge in [0.2, 0.25) is 10.0 Å². The van der Waals surface area contributed by atoms with Crippen LogP contribution in [-0.4, -0.2) is 40.3 Å². The Bertz CT molecular complexity index is 572. The molecule has 0 atom stereocenters. The van der Waals surface area contributed by atoms with Crippen molar-refractivity contribution in [3.63, 3.8) is 0 Å². The second-order valence-corrected chi connectivity index (χ2v) is 5.98. The van der Waals surface area contributed by atoms with E-state index in [0.29, 0.717) is 12.4 Å². The first-order valence-corrected chi connectivity index (χ1v) is 7.77. The number of ether oxygens (including phenoxy) is 1. The topological polar surface area (TPSA) is 111 Å². The summed E-state index contributed by atoms with van der Waals surface area (Å²) in [6.45, 7) is 2.18. The smallest absolute Gasteiger partial charge is 0.257 e. The lowest BCUT2D eigenvalue weighted by Crippen LogP contribution is -2.33. The van der Waals surface area contributed by atoms with Crippen LogP contribution >= 0.6 is 0 Å². The van der Waals surface area contributed by atoms with Gasteiger partial charge in [0.25, 0.3) is 5.91 Å². The van der Waals surface area contributed by atoms with Crippen molar-refractivity contribution in [1.29, 1.82) is 0 Å². The van der Waals surface area contributed by atoms with E-state index in [4.69, 9.17) is 10.5 Å². The first-order valence-electron chi connectivity index (χ1n) is 6.12. The van der Waals surface area contributed by atoms with Crippen LogP contribution in [0.15, 0.2) is 18.2 Å². The lowest BCUT2D eigenvalue weighted by molar-refractivity contribution is 0.0953. The first-order chi connectivity index (χ1) is 9.41. The van der Waals surface area contributed by atoms with E-state index in [1.54, 1.807) is 25.1 Å². The fourth-order valence-corrected chi connectivity index (χ4v) is 2.13. The van der Waals surface area contributed by atoms with Gasteiger partial charge >= 0.3 is 0 Å². The molecule has 1 amide bonds. The van der Waals surface area contributed by atoms with Gasteiger partial charge in [-0.2, -0.15) is 0 Å². The number of sulfonamides is 1. The van der Waals surface area contributed by atoms with E-state index in [2.05, 4.69) is 10.0 Å². The van der Waals surface area contributed by atoms with Gasteiger partial charge in [0.05, 0.1) is 12.4 Å². The van der Waals surface area contributed by atoms with Gasteiger partial charge in [0.1, 0.15) is 11.3 Å². The molecule has 7 nitrogen and oxygen atoms in total. The molecule has 8 heteroatoms. The third-order valence-electron chi connectivity index (χ3n) is 2.55. The second kappa shape index (κ2) is 7.11. The summed E-state index contributed by atoms with van der Waals surface area (Å²) in [7, 11) is -2.04.